The number of nitrogens with one attached hydrogen (secondary N) is 1. The first-order valence-electron chi connectivity index (χ1n) is 6.25. The van der Waals surface area contributed by atoms with Crippen LogP contribution in [0.4, 0.5) is 0 Å². The van der Waals surface area contributed by atoms with Gasteiger partial charge in [0.2, 0.25) is 0 Å². The van der Waals surface area contributed by atoms with Crippen molar-refractivity contribution in [1.82, 2.24) is 14.9 Å². The number of benzene rings is 1. The molecule has 0 bridgehead atoms. The van der Waals surface area contributed by atoms with E-state index in [2.05, 4.69) is 34.0 Å². The lowest BCUT2D eigenvalue weighted by atomic mass is 10.1. The molecule has 2 rings (SSSR count). The van der Waals surface area contributed by atoms with Crippen molar-refractivity contribution in [3.8, 4) is 0 Å². The Morgan fingerprint density at radius 1 is 1.39 bits per heavy atom. The van der Waals surface area contributed by atoms with E-state index in [1.807, 2.05) is 6.07 Å². The minimum atomic E-state index is 0.251. The van der Waals surface area contributed by atoms with Crippen molar-refractivity contribution in [2.75, 3.05) is 20.1 Å². The molecule has 18 heavy (non-hydrogen) atoms. The topological polar surface area (TPSA) is 49.0 Å². The van der Waals surface area contributed by atoms with E-state index in [1.54, 1.807) is 13.3 Å². The summed E-state index contributed by atoms with van der Waals surface area (Å²) in [6.45, 7) is 3.44. The molecule has 0 aliphatic carbocycles. The highest BCUT2D eigenvalue weighted by atomic mass is 16.1. The van der Waals surface area contributed by atoms with Gasteiger partial charge < -0.3 is 9.88 Å². The van der Waals surface area contributed by atoms with Crippen molar-refractivity contribution in [3.63, 3.8) is 0 Å². The van der Waals surface area contributed by atoms with E-state index in [4.69, 9.17) is 0 Å². The van der Waals surface area contributed by atoms with Crippen molar-refractivity contribution >= 4 is 16.8 Å². The van der Waals surface area contributed by atoms with Gasteiger partial charge in [-0.3, -0.25) is 4.79 Å². The Labute approximate surface area is 107 Å². The summed E-state index contributed by atoms with van der Waals surface area (Å²) in [5, 5.41) is 0. The Hall–Kier alpha value is -1.68. The number of carbonyl (C=O) groups excluding carboxylic acids is 1. The molecule has 1 aromatic carbocycles. The van der Waals surface area contributed by atoms with Gasteiger partial charge in [0.05, 0.1) is 17.4 Å². The molecule has 4 nitrogen and oxygen atoms in total. The van der Waals surface area contributed by atoms with E-state index < -0.39 is 0 Å². The van der Waals surface area contributed by atoms with E-state index in [9.17, 15) is 4.79 Å². The third-order valence-corrected chi connectivity index (χ3v) is 3.11. The number of imidazole rings is 1. The van der Waals surface area contributed by atoms with Gasteiger partial charge in [0.25, 0.3) is 0 Å². The molecule has 1 N–H and O–H groups in total. The summed E-state index contributed by atoms with van der Waals surface area (Å²) >= 11 is 0. The summed E-state index contributed by atoms with van der Waals surface area (Å²) in [5.41, 5.74) is 3.38. The van der Waals surface area contributed by atoms with Gasteiger partial charge in [-0.25, -0.2) is 4.98 Å². The molecule has 0 amide bonds. The molecule has 0 aliphatic rings. The Morgan fingerprint density at radius 3 is 3.00 bits per heavy atom. The minimum Gasteiger partial charge on any atom is -0.345 e. The average molecular weight is 245 g/mol. The van der Waals surface area contributed by atoms with Gasteiger partial charge >= 0.3 is 0 Å². The van der Waals surface area contributed by atoms with Crippen LogP contribution in [0.25, 0.3) is 11.0 Å². The number of Topliss-reactive ketones (excluding diaryl/α,β-unsaturated/α-hetero) is 1. The normalized spacial score (nSPS) is 11.3. The second kappa shape index (κ2) is 5.78. The molecule has 0 fully saturated rings. The van der Waals surface area contributed by atoms with Gasteiger partial charge in [0.15, 0.2) is 0 Å². The number of aromatic nitrogens is 2. The molecule has 0 unspecified atom stereocenters. The van der Waals surface area contributed by atoms with E-state index >= 15 is 0 Å². The molecule has 1 heterocycles. The van der Waals surface area contributed by atoms with Crippen LogP contribution in [0.2, 0.25) is 0 Å². The standard InChI is InChI=1S/C14H19N3O/c1-11(18)5-7-17(2)8-6-12-3-4-13-14(9-12)16-10-15-13/h3-4,9-10H,5-8H2,1-2H3,(H,15,16). The molecule has 0 radical (unpaired) electrons. The molecule has 96 valence electrons. The fourth-order valence-corrected chi connectivity index (χ4v) is 1.92. The number of hydrogen-bond donors (Lipinski definition) is 1. The van der Waals surface area contributed by atoms with Gasteiger partial charge in [-0.05, 0) is 38.1 Å². The average Bonchev–Trinajstić information content (AvgIpc) is 2.81. The van der Waals surface area contributed by atoms with Gasteiger partial charge in [-0.1, -0.05) is 6.07 Å². The van der Waals surface area contributed by atoms with Gasteiger partial charge in [0, 0.05) is 19.5 Å². The van der Waals surface area contributed by atoms with Gasteiger partial charge in [-0.2, -0.15) is 0 Å². The summed E-state index contributed by atoms with van der Waals surface area (Å²) < 4.78 is 0. The zero-order valence-corrected chi connectivity index (χ0v) is 10.9. The summed E-state index contributed by atoms with van der Waals surface area (Å²) in [7, 11) is 2.05. The van der Waals surface area contributed by atoms with Crippen LogP contribution < -0.4 is 0 Å². The molecular weight excluding hydrogens is 226 g/mol. The SMILES string of the molecule is CC(=O)CCN(C)CCc1ccc2nc[nH]c2c1. The van der Waals surface area contributed by atoms with Crippen LogP contribution in [0, 0.1) is 0 Å². The van der Waals surface area contributed by atoms with Crippen LogP contribution in [-0.4, -0.2) is 40.8 Å². The Kier molecular flexibility index (Phi) is 4.10. The predicted octanol–water partition coefficient (Wildman–Crippen LogP) is 2.02. The highest BCUT2D eigenvalue weighted by Gasteiger charge is 2.03. The van der Waals surface area contributed by atoms with Crippen LogP contribution in [0.15, 0.2) is 24.5 Å². The Bertz CT molecular complexity index is 533. The zero-order chi connectivity index (χ0) is 13.0. The van der Waals surface area contributed by atoms with E-state index in [0.717, 1.165) is 30.5 Å². The summed E-state index contributed by atoms with van der Waals surface area (Å²) in [6, 6.07) is 6.29. The minimum absolute atomic E-state index is 0.251. The third-order valence-electron chi connectivity index (χ3n) is 3.11. The largest absolute Gasteiger partial charge is 0.345 e. The number of rotatable bonds is 6. The van der Waals surface area contributed by atoms with Crippen molar-refractivity contribution < 1.29 is 4.79 Å². The first-order chi connectivity index (χ1) is 8.65. The molecule has 2 aromatic rings. The molecule has 0 spiro atoms. The maximum Gasteiger partial charge on any atom is 0.131 e. The van der Waals surface area contributed by atoms with Crippen LogP contribution in [0.3, 0.4) is 0 Å². The maximum atomic E-state index is 10.9. The van der Waals surface area contributed by atoms with E-state index in [-0.39, 0.29) is 5.78 Å². The van der Waals surface area contributed by atoms with Gasteiger partial charge in [0.1, 0.15) is 5.78 Å². The van der Waals surface area contributed by atoms with E-state index in [0.29, 0.717) is 6.42 Å². The van der Waals surface area contributed by atoms with Gasteiger partial charge in [-0.15, -0.1) is 0 Å². The highest BCUT2D eigenvalue weighted by Crippen LogP contribution is 2.12. The van der Waals surface area contributed by atoms with E-state index in [1.165, 1.54) is 5.56 Å². The fraction of sp³-hybridized carbons (Fsp3) is 0.429. The number of aromatic amines is 1. The predicted molar refractivity (Wildman–Crippen MR) is 72.6 cm³/mol. The third kappa shape index (κ3) is 3.40. The lowest BCUT2D eigenvalue weighted by Gasteiger charge is -2.15. The first-order valence-corrected chi connectivity index (χ1v) is 6.25. The Balaban J connectivity index is 1.87. The second-order valence-corrected chi connectivity index (χ2v) is 4.76. The van der Waals surface area contributed by atoms with Crippen molar-refractivity contribution in [1.29, 1.82) is 0 Å². The molecule has 4 heteroatoms. The van der Waals surface area contributed by atoms with Crippen LogP contribution in [0.5, 0.6) is 0 Å². The van der Waals surface area contributed by atoms with Crippen LogP contribution in [-0.2, 0) is 11.2 Å². The number of ketones is 1. The van der Waals surface area contributed by atoms with Crippen molar-refractivity contribution in [2.45, 2.75) is 19.8 Å². The van der Waals surface area contributed by atoms with Crippen molar-refractivity contribution in [2.24, 2.45) is 0 Å². The molecule has 0 aliphatic heterocycles. The fourth-order valence-electron chi connectivity index (χ4n) is 1.92. The monoisotopic (exact) mass is 245 g/mol. The smallest absolute Gasteiger partial charge is 0.131 e. The second-order valence-electron chi connectivity index (χ2n) is 4.76. The zero-order valence-electron chi connectivity index (χ0n) is 10.9. The number of H-pyrrole nitrogens is 1. The summed E-state index contributed by atoms with van der Waals surface area (Å²) in [4.78, 5) is 20.4. The number of nitrogens with zero attached hydrogens (tertiary/aromatic N) is 2. The lowest BCUT2D eigenvalue weighted by Crippen LogP contribution is -2.23. The molecule has 0 atom stereocenters. The number of likely N-dealkylation sites (N-methyl/N-ethyl adjacent to an activating group) is 1. The van der Waals surface area contributed by atoms with Crippen LogP contribution >= 0.6 is 0 Å². The Morgan fingerprint density at radius 2 is 2.22 bits per heavy atom. The molecule has 0 saturated carbocycles. The molecular formula is C14H19N3O. The summed E-state index contributed by atoms with van der Waals surface area (Å²) in [6.07, 6.45) is 3.34. The number of carbonyl (C=O) groups is 1. The van der Waals surface area contributed by atoms with Crippen LogP contribution in [0.1, 0.15) is 18.9 Å². The molecule has 1 aromatic heterocycles. The summed E-state index contributed by atoms with van der Waals surface area (Å²) in [5.74, 6) is 0.251. The number of hydrogen-bond acceptors (Lipinski definition) is 3. The quantitative estimate of drug-likeness (QED) is 0.847. The molecule has 0 saturated heterocycles. The highest BCUT2D eigenvalue weighted by molar-refractivity contribution is 5.75. The first kappa shape index (κ1) is 12.8. The van der Waals surface area contributed by atoms with Crippen molar-refractivity contribution in [3.05, 3.63) is 30.1 Å². The lowest BCUT2D eigenvalue weighted by molar-refractivity contribution is -0.117. The maximum absolute atomic E-state index is 10.9. The number of fused-ring (bicyclic) bond motifs is 1.